The topological polar surface area (TPSA) is 98.1 Å². The van der Waals surface area contributed by atoms with Gasteiger partial charge in [0, 0.05) is 38.9 Å². The van der Waals surface area contributed by atoms with Gasteiger partial charge < -0.3 is 18.9 Å². The Kier molecular flexibility index (Phi) is 7.01. The fourth-order valence-corrected chi connectivity index (χ4v) is 5.01. The van der Waals surface area contributed by atoms with Crippen molar-refractivity contribution in [2.24, 2.45) is 0 Å². The largest absolute Gasteiger partial charge is 0.493 e. The third-order valence-corrected chi connectivity index (χ3v) is 7.14. The molecule has 0 N–H and O–H groups in total. The van der Waals surface area contributed by atoms with Gasteiger partial charge in [0.15, 0.2) is 11.5 Å². The molecular formula is C21H27N3O6S. The highest BCUT2D eigenvalue weighted by Gasteiger charge is 2.27. The molecule has 0 saturated carbocycles. The van der Waals surface area contributed by atoms with Crippen molar-refractivity contribution in [1.82, 2.24) is 13.8 Å². The number of sulfonamides is 1. The molecule has 0 atom stereocenters. The Bertz CT molecular complexity index is 1110. The zero-order valence-electron chi connectivity index (χ0n) is 17.9. The van der Waals surface area contributed by atoms with Crippen LogP contribution in [0.25, 0.3) is 0 Å². The van der Waals surface area contributed by atoms with Crippen LogP contribution in [0.1, 0.15) is 18.4 Å². The molecule has 2 aromatic rings. The summed E-state index contributed by atoms with van der Waals surface area (Å²) < 4.78 is 38.6. The van der Waals surface area contributed by atoms with Gasteiger partial charge >= 0.3 is 0 Å². The number of likely N-dealkylation sites (N-methyl/N-ethyl adjacent to an activating group) is 1. The van der Waals surface area contributed by atoms with E-state index in [4.69, 9.17) is 9.47 Å². The van der Waals surface area contributed by atoms with Gasteiger partial charge in [-0.05, 0) is 36.6 Å². The number of pyridine rings is 1. The Hall–Kier alpha value is -2.85. The van der Waals surface area contributed by atoms with Crippen molar-refractivity contribution in [3.05, 3.63) is 52.4 Å². The molecule has 0 unspecified atom stereocenters. The number of carbonyl (C=O) groups is 1. The molecule has 0 radical (unpaired) electrons. The van der Waals surface area contributed by atoms with Gasteiger partial charge in [-0.25, -0.2) is 8.42 Å². The average molecular weight is 450 g/mol. The van der Waals surface area contributed by atoms with E-state index >= 15 is 0 Å². The van der Waals surface area contributed by atoms with Crippen LogP contribution >= 0.6 is 0 Å². The van der Waals surface area contributed by atoms with Crippen molar-refractivity contribution < 1.29 is 22.7 Å². The second-order valence-electron chi connectivity index (χ2n) is 7.38. The maximum absolute atomic E-state index is 12.8. The molecule has 1 amide bonds. The minimum absolute atomic E-state index is 0.0179. The molecule has 0 aliphatic carbocycles. The predicted octanol–water partition coefficient (Wildman–Crippen LogP) is 1.31. The van der Waals surface area contributed by atoms with Crippen LogP contribution in [0.5, 0.6) is 11.5 Å². The zero-order chi connectivity index (χ0) is 22.6. The van der Waals surface area contributed by atoms with E-state index in [-0.39, 0.29) is 17.3 Å². The summed E-state index contributed by atoms with van der Waals surface area (Å²) in [5.74, 6) is 0.812. The predicted molar refractivity (Wildman–Crippen MR) is 115 cm³/mol. The highest BCUT2D eigenvalue weighted by Crippen LogP contribution is 2.28. The number of nitrogens with zero attached hydrogens (tertiary/aromatic N) is 3. The van der Waals surface area contributed by atoms with E-state index in [1.807, 2.05) is 6.07 Å². The molecule has 1 aromatic carbocycles. The van der Waals surface area contributed by atoms with Crippen molar-refractivity contribution in [3.8, 4) is 11.5 Å². The van der Waals surface area contributed by atoms with E-state index in [9.17, 15) is 18.0 Å². The number of aromatic nitrogens is 1. The zero-order valence-corrected chi connectivity index (χ0v) is 18.7. The highest BCUT2D eigenvalue weighted by molar-refractivity contribution is 7.89. The molecule has 1 aliphatic rings. The SMILES string of the molecule is COc1ccc(CN(C)C(=O)Cn2cc(S(=O)(=O)N3CCCC3)ccc2=O)cc1OC. The van der Waals surface area contributed by atoms with Crippen LogP contribution in [0.3, 0.4) is 0 Å². The number of hydrogen-bond acceptors (Lipinski definition) is 6. The Morgan fingerprint density at radius 3 is 2.39 bits per heavy atom. The van der Waals surface area contributed by atoms with E-state index in [0.29, 0.717) is 31.1 Å². The first kappa shape index (κ1) is 22.8. The van der Waals surface area contributed by atoms with Crippen LogP contribution in [0.4, 0.5) is 0 Å². The molecule has 1 aromatic heterocycles. The quantitative estimate of drug-likeness (QED) is 0.603. The fraction of sp³-hybridized carbons (Fsp3) is 0.429. The lowest BCUT2D eigenvalue weighted by atomic mass is 10.2. The fourth-order valence-electron chi connectivity index (χ4n) is 3.47. The Balaban J connectivity index is 1.74. The average Bonchev–Trinajstić information content (AvgIpc) is 3.30. The van der Waals surface area contributed by atoms with Gasteiger partial charge in [0.2, 0.25) is 15.9 Å². The summed E-state index contributed by atoms with van der Waals surface area (Å²) in [5, 5.41) is 0. The molecule has 2 heterocycles. The monoisotopic (exact) mass is 449 g/mol. The second-order valence-corrected chi connectivity index (χ2v) is 9.32. The first-order valence-electron chi connectivity index (χ1n) is 9.92. The number of hydrogen-bond donors (Lipinski definition) is 0. The number of methoxy groups -OCH3 is 2. The number of ether oxygens (including phenoxy) is 2. The minimum Gasteiger partial charge on any atom is -0.493 e. The lowest BCUT2D eigenvalue weighted by Crippen LogP contribution is -2.34. The van der Waals surface area contributed by atoms with Crippen LogP contribution in [-0.4, -0.2) is 62.5 Å². The van der Waals surface area contributed by atoms with Crippen LogP contribution in [-0.2, 0) is 27.9 Å². The van der Waals surface area contributed by atoms with E-state index < -0.39 is 15.6 Å². The maximum Gasteiger partial charge on any atom is 0.251 e. The molecule has 168 valence electrons. The molecule has 0 spiro atoms. The number of amides is 1. The van der Waals surface area contributed by atoms with E-state index in [1.165, 1.54) is 34.6 Å². The van der Waals surface area contributed by atoms with Crippen LogP contribution in [0, 0.1) is 0 Å². The molecule has 10 heteroatoms. The summed E-state index contributed by atoms with van der Waals surface area (Å²) in [4.78, 5) is 26.4. The van der Waals surface area contributed by atoms with Gasteiger partial charge in [0.25, 0.3) is 5.56 Å². The van der Waals surface area contributed by atoms with Crippen molar-refractivity contribution in [2.75, 3.05) is 34.4 Å². The summed E-state index contributed by atoms with van der Waals surface area (Å²) in [6.07, 6.45) is 2.88. The van der Waals surface area contributed by atoms with Crippen molar-refractivity contribution in [2.45, 2.75) is 30.8 Å². The number of benzene rings is 1. The highest BCUT2D eigenvalue weighted by atomic mass is 32.2. The van der Waals surface area contributed by atoms with Gasteiger partial charge in [-0.1, -0.05) is 6.07 Å². The van der Waals surface area contributed by atoms with E-state index in [0.717, 1.165) is 23.0 Å². The third kappa shape index (κ3) is 5.08. The Morgan fingerprint density at radius 2 is 1.74 bits per heavy atom. The van der Waals surface area contributed by atoms with Crippen LogP contribution < -0.4 is 15.0 Å². The Labute approximate surface area is 181 Å². The molecule has 0 bridgehead atoms. The van der Waals surface area contributed by atoms with Gasteiger partial charge in [0.05, 0.1) is 19.1 Å². The summed E-state index contributed by atoms with van der Waals surface area (Å²) >= 11 is 0. The van der Waals surface area contributed by atoms with Gasteiger partial charge in [-0.2, -0.15) is 4.31 Å². The standard InChI is InChI=1S/C21H27N3O6S/c1-22(13-16-6-8-18(29-2)19(12-16)30-3)21(26)15-23-14-17(7-9-20(23)25)31(27,28)24-10-4-5-11-24/h6-9,12,14H,4-5,10-11,13,15H2,1-3H3. The lowest BCUT2D eigenvalue weighted by molar-refractivity contribution is -0.131. The molecule has 3 rings (SSSR count). The summed E-state index contributed by atoms with van der Waals surface area (Å²) in [6, 6.07) is 7.83. The number of carbonyl (C=O) groups excluding carboxylic acids is 1. The summed E-state index contributed by atoms with van der Waals surface area (Å²) in [5.41, 5.74) is 0.388. The van der Waals surface area contributed by atoms with Gasteiger partial charge in [-0.15, -0.1) is 0 Å². The molecule has 1 saturated heterocycles. The third-order valence-electron chi connectivity index (χ3n) is 5.26. The van der Waals surface area contributed by atoms with Crippen molar-refractivity contribution in [1.29, 1.82) is 0 Å². The van der Waals surface area contributed by atoms with Crippen molar-refractivity contribution in [3.63, 3.8) is 0 Å². The molecule has 9 nitrogen and oxygen atoms in total. The maximum atomic E-state index is 12.8. The normalized spacial score (nSPS) is 14.4. The van der Waals surface area contributed by atoms with Gasteiger partial charge in [0.1, 0.15) is 6.54 Å². The second kappa shape index (κ2) is 9.52. The van der Waals surface area contributed by atoms with Crippen LogP contribution in [0.15, 0.2) is 46.2 Å². The van der Waals surface area contributed by atoms with E-state index in [2.05, 4.69) is 0 Å². The molecule has 1 aliphatic heterocycles. The van der Waals surface area contributed by atoms with Crippen LogP contribution in [0.2, 0.25) is 0 Å². The molecule has 1 fully saturated rings. The summed E-state index contributed by atoms with van der Waals surface area (Å²) in [7, 11) is 1.02. The minimum atomic E-state index is -3.67. The Morgan fingerprint density at radius 1 is 1.06 bits per heavy atom. The van der Waals surface area contributed by atoms with E-state index in [1.54, 1.807) is 26.3 Å². The number of rotatable bonds is 8. The first-order valence-corrected chi connectivity index (χ1v) is 11.4. The lowest BCUT2D eigenvalue weighted by Gasteiger charge is -2.20. The molecule has 31 heavy (non-hydrogen) atoms. The smallest absolute Gasteiger partial charge is 0.251 e. The summed E-state index contributed by atoms with van der Waals surface area (Å²) in [6.45, 7) is 0.967. The first-order chi connectivity index (χ1) is 14.8. The van der Waals surface area contributed by atoms with Gasteiger partial charge in [-0.3, -0.25) is 9.59 Å². The van der Waals surface area contributed by atoms with Crippen molar-refractivity contribution >= 4 is 15.9 Å². The molecular weight excluding hydrogens is 422 g/mol.